The molecule has 1 saturated heterocycles. The zero-order valence-corrected chi connectivity index (χ0v) is 16.7. The Labute approximate surface area is 170 Å². The highest BCUT2D eigenvalue weighted by Crippen LogP contribution is 2.29. The third-order valence-corrected chi connectivity index (χ3v) is 7.84. The first-order valence-electron chi connectivity index (χ1n) is 8.91. The Morgan fingerprint density at radius 1 is 1.21 bits per heavy atom. The second-order valence-electron chi connectivity index (χ2n) is 6.47. The summed E-state index contributed by atoms with van der Waals surface area (Å²) in [6, 6.07) is 7.64. The molecule has 0 unspecified atom stereocenters. The molecule has 3 heterocycles. The minimum atomic E-state index is -3.76. The van der Waals surface area contributed by atoms with Crippen LogP contribution in [0.4, 0.5) is 10.4 Å². The van der Waals surface area contributed by atoms with Crippen molar-refractivity contribution in [3.05, 3.63) is 47.6 Å². The molecule has 1 N–H and O–H groups in total. The van der Waals surface area contributed by atoms with Crippen molar-refractivity contribution < 1.29 is 22.0 Å². The summed E-state index contributed by atoms with van der Waals surface area (Å²) in [4.78, 5) is 12.8. The van der Waals surface area contributed by atoms with E-state index in [0.29, 0.717) is 18.4 Å². The van der Waals surface area contributed by atoms with Crippen LogP contribution >= 0.6 is 11.3 Å². The Balaban J connectivity index is 1.52. The molecule has 8 nitrogen and oxygen atoms in total. The summed E-state index contributed by atoms with van der Waals surface area (Å²) in [5.74, 6) is -0.808. The first-order chi connectivity index (χ1) is 13.9. The molecule has 0 saturated carbocycles. The fourth-order valence-electron chi connectivity index (χ4n) is 3.15. The van der Waals surface area contributed by atoms with E-state index in [4.69, 9.17) is 4.42 Å². The van der Waals surface area contributed by atoms with Crippen molar-refractivity contribution in [2.24, 2.45) is 0 Å². The molecule has 1 aliphatic rings. The Hall–Kier alpha value is -2.63. The third kappa shape index (κ3) is 4.07. The van der Waals surface area contributed by atoms with E-state index in [0.717, 1.165) is 17.8 Å². The summed E-state index contributed by atoms with van der Waals surface area (Å²) in [6.45, 7) is 0.267. The molecule has 11 heteroatoms. The molecule has 3 aromatic rings. The number of carbonyl (C=O) groups excluding carboxylic acids is 1. The van der Waals surface area contributed by atoms with Crippen LogP contribution in [0, 0.1) is 5.82 Å². The van der Waals surface area contributed by atoms with Gasteiger partial charge in [-0.2, -0.15) is 4.31 Å². The molecule has 1 aliphatic heterocycles. The van der Waals surface area contributed by atoms with Gasteiger partial charge in [0.15, 0.2) is 0 Å². The Morgan fingerprint density at radius 2 is 2.00 bits per heavy atom. The van der Waals surface area contributed by atoms with Gasteiger partial charge in [0.25, 0.3) is 10.0 Å². The van der Waals surface area contributed by atoms with E-state index in [9.17, 15) is 17.6 Å². The van der Waals surface area contributed by atoms with Crippen LogP contribution in [0.2, 0.25) is 0 Å². The Kier molecular flexibility index (Phi) is 5.43. The minimum absolute atomic E-state index is 0.118. The lowest BCUT2D eigenvalue weighted by Gasteiger charge is -2.32. The van der Waals surface area contributed by atoms with E-state index >= 15 is 0 Å². The highest BCUT2D eigenvalue weighted by molar-refractivity contribution is 7.91. The number of carbonyl (C=O) groups is 1. The Bertz CT molecular complexity index is 1100. The number of nitrogens with zero attached hydrogens (tertiary/aromatic N) is 3. The zero-order chi connectivity index (χ0) is 20.4. The molecular weight excluding hydrogens is 419 g/mol. The second kappa shape index (κ2) is 8.01. The zero-order valence-electron chi connectivity index (χ0n) is 15.1. The van der Waals surface area contributed by atoms with Crippen LogP contribution in [-0.4, -0.2) is 41.4 Å². The van der Waals surface area contributed by atoms with Crippen LogP contribution in [0.5, 0.6) is 0 Å². The molecule has 2 aromatic heterocycles. The van der Waals surface area contributed by atoms with E-state index in [1.165, 1.54) is 34.6 Å². The molecular formula is C18H17FN4O4S2. The van der Waals surface area contributed by atoms with Gasteiger partial charge >= 0.3 is 6.01 Å². The number of hydrogen-bond acceptors (Lipinski definition) is 7. The van der Waals surface area contributed by atoms with Crippen molar-refractivity contribution in [2.75, 3.05) is 11.9 Å². The molecule has 1 fully saturated rings. The number of piperidine rings is 1. The molecule has 1 atom stereocenters. The molecule has 1 amide bonds. The van der Waals surface area contributed by atoms with Gasteiger partial charge in [0, 0.05) is 12.1 Å². The number of nitrogens with one attached hydrogen (secondary N) is 1. The number of anilines is 1. The largest absolute Gasteiger partial charge is 0.403 e. The van der Waals surface area contributed by atoms with Crippen LogP contribution in [0.1, 0.15) is 19.3 Å². The van der Waals surface area contributed by atoms with Gasteiger partial charge in [0.2, 0.25) is 11.8 Å². The molecule has 0 spiro atoms. The monoisotopic (exact) mass is 436 g/mol. The second-order valence-corrected chi connectivity index (χ2v) is 9.53. The molecule has 1 aromatic carbocycles. The van der Waals surface area contributed by atoms with Crippen molar-refractivity contribution >= 4 is 33.3 Å². The van der Waals surface area contributed by atoms with E-state index in [2.05, 4.69) is 15.5 Å². The maximum absolute atomic E-state index is 13.0. The number of thiophene rings is 1. The fourth-order valence-corrected chi connectivity index (χ4v) is 5.93. The smallest absolute Gasteiger partial charge is 0.322 e. The van der Waals surface area contributed by atoms with Gasteiger partial charge in [0.1, 0.15) is 16.1 Å². The first-order valence-corrected chi connectivity index (χ1v) is 11.2. The van der Waals surface area contributed by atoms with Crippen molar-refractivity contribution in [2.45, 2.75) is 29.5 Å². The highest BCUT2D eigenvalue weighted by Gasteiger charge is 2.38. The lowest BCUT2D eigenvalue weighted by molar-refractivity contribution is -0.120. The van der Waals surface area contributed by atoms with Gasteiger partial charge in [-0.3, -0.25) is 10.1 Å². The van der Waals surface area contributed by atoms with E-state index in [1.54, 1.807) is 11.4 Å². The molecule has 0 bridgehead atoms. The maximum Gasteiger partial charge on any atom is 0.322 e. The fraction of sp³-hybridized carbons (Fsp3) is 0.278. The topological polar surface area (TPSA) is 105 Å². The van der Waals surface area contributed by atoms with Crippen molar-refractivity contribution in [3.63, 3.8) is 0 Å². The number of halogens is 1. The van der Waals surface area contributed by atoms with Crippen LogP contribution in [0.25, 0.3) is 11.5 Å². The Morgan fingerprint density at radius 3 is 2.72 bits per heavy atom. The summed E-state index contributed by atoms with van der Waals surface area (Å²) < 4.78 is 45.7. The average molecular weight is 436 g/mol. The van der Waals surface area contributed by atoms with E-state index in [-0.39, 0.29) is 22.7 Å². The van der Waals surface area contributed by atoms with Gasteiger partial charge in [-0.1, -0.05) is 17.6 Å². The molecule has 0 aliphatic carbocycles. The number of benzene rings is 1. The van der Waals surface area contributed by atoms with Crippen molar-refractivity contribution in [1.82, 2.24) is 14.5 Å². The van der Waals surface area contributed by atoms with Crippen LogP contribution in [-0.2, 0) is 14.8 Å². The van der Waals surface area contributed by atoms with Crippen LogP contribution in [0.15, 0.2) is 50.4 Å². The summed E-state index contributed by atoms with van der Waals surface area (Å²) in [7, 11) is -3.76. The third-order valence-electron chi connectivity index (χ3n) is 4.56. The summed E-state index contributed by atoms with van der Waals surface area (Å²) in [5, 5.41) is 11.8. The average Bonchev–Trinajstić information content (AvgIpc) is 3.41. The predicted molar refractivity (Wildman–Crippen MR) is 104 cm³/mol. The summed E-state index contributed by atoms with van der Waals surface area (Å²) >= 11 is 1.11. The number of hydrogen-bond donors (Lipinski definition) is 1. The van der Waals surface area contributed by atoms with Crippen molar-refractivity contribution in [3.8, 4) is 11.5 Å². The molecule has 152 valence electrons. The SMILES string of the molecule is O=C(Nc1nnc(-c2ccc(F)cc2)o1)[C@H]1CCCCN1S(=O)(=O)c1cccs1. The number of aromatic nitrogens is 2. The summed E-state index contributed by atoms with van der Waals surface area (Å²) in [5.41, 5.74) is 0.499. The minimum Gasteiger partial charge on any atom is -0.403 e. The summed E-state index contributed by atoms with van der Waals surface area (Å²) in [6.07, 6.45) is 1.82. The van der Waals surface area contributed by atoms with Crippen LogP contribution < -0.4 is 5.32 Å². The van der Waals surface area contributed by atoms with Gasteiger partial charge < -0.3 is 4.42 Å². The quantitative estimate of drug-likeness (QED) is 0.659. The maximum atomic E-state index is 13.0. The van der Waals surface area contributed by atoms with E-state index < -0.39 is 27.8 Å². The van der Waals surface area contributed by atoms with Crippen LogP contribution in [0.3, 0.4) is 0 Å². The highest BCUT2D eigenvalue weighted by atomic mass is 32.2. The number of amides is 1. The van der Waals surface area contributed by atoms with Gasteiger partial charge in [-0.05, 0) is 48.6 Å². The van der Waals surface area contributed by atoms with Gasteiger partial charge in [0.05, 0.1) is 0 Å². The predicted octanol–water partition coefficient (Wildman–Crippen LogP) is 3.12. The van der Waals surface area contributed by atoms with Gasteiger partial charge in [-0.15, -0.1) is 16.4 Å². The lowest BCUT2D eigenvalue weighted by Crippen LogP contribution is -2.49. The number of sulfonamides is 1. The molecule has 4 rings (SSSR count). The number of rotatable bonds is 5. The first kappa shape index (κ1) is 19.7. The van der Waals surface area contributed by atoms with Gasteiger partial charge in [-0.25, -0.2) is 12.8 Å². The lowest BCUT2D eigenvalue weighted by atomic mass is 10.0. The molecule has 0 radical (unpaired) electrons. The molecule has 29 heavy (non-hydrogen) atoms. The standard InChI is InChI=1S/C18H17FN4O4S2/c19-13-8-6-12(7-9-13)17-21-22-18(27-17)20-16(24)14-4-1-2-10-23(14)29(25,26)15-5-3-11-28-15/h3,5-9,11,14H,1-2,4,10H2,(H,20,22,24)/t14-/m1/s1. The van der Waals surface area contributed by atoms with E-state index in [1.807, 2.05) is 0 Å². The van der Waals surface area contributed by atoms with Crippen molar-refractivity contribution in [1.29, 1.82) is 0 Å². The normalized spacial score (nSPS) is 17.9.